The standard InChI is InChI=1S/C14H18N2O/c1-2-3-8-17-14-9-11(10-15)16-13-7-5-4-6-12(13)14/h4-7,9H,2-3,8,10,15H2,1H3. The van der Waals surface area contributed by atoms with Crippen LogP contribution >= 0.6 is 0 Å². The molecule has 17 heavy (non-hydrogen) atoms. The van der Waals surface area contributed by atoms with E-state index < -0.39 is 0 Å². The van der Waals surface area contributed by atoms with E-state index in [0.717, 1.165) is 41.8 Å². The molecule has 2 N–H and O–H groups in total. The number of benzene rings is 1. The summed E-state index contributed by atoms with van der Waals surface area (Å²) in [6.45, 7) is 3.34. The third-order valence-electron chi connectivity index (χ3n) is 2.70. The molecule has 0 amide bonds. The Morgan fingerprint density at radius 2 is 2.12 bits per heavy atom. The molecule has 0 saturated carbocycles. The molecule has 0 radical (unpaired) electrons. The summed E-state index contributed by atoms with van der Waals surface area (Å²) >= 11 is 0. The van der Waals surface area contributed by atoms with Crippen LogP contribution in [0.5, 0.6) is 5.75 Å². The maximum Gasteiger partial charge on any atom is 0.130 e. The molecule has 0 atom stereocenters. The number of ether oxygens (including phenoxy) is 1. The highest BCUT2D eigenvalue weighted by molar-refractivity contribution is 5.85. The summed E-state index contributed by atoms with van der Waals surface area (Å²) in [5.74, 6) is 0.893. The summed E-state index contributed by atoms with van der Waals surface area (Å²) < 4.78 is 5.81. The maximum absolute atomic E-state index is 5.81. The minimum atomic E-state index is 0.439. The molecule has 0 spiro atoms. The van der Waals surface area contributed by atoms with Crippen molar-refractivity contribution in [3.8, 4) is 5.75 Å². The number of pyridine rings is 1. The van der Waals surface area contributed by atoms with Gasteiger partial charge in [0.1, 0.15) is 5.75 Å². The van der Waals surface area contributed by atoms with Gasteiger partial charge in [-0.1, -0.05) is 25.5 Å². The summed E-state index contributed by atoms with van der Waals surface area (Å²) in [4.78, 5) is 4.48. The van der Waals surface area contributed by atoms with Gasteiger partial charge in [0, 0.05) is 18.0 Å². The number of aromatic nitrogens is 1. The molecule has 2 rings (SSSR count). The lowest BCUT2D eigenvalue weighted by molar-refractivity contribution is 0.312. The van der Waals surface area contributed by atoms with Gasteiger partial charge in [-0.15, -0.1) is 0 Å². The fourth-order valence-corrected chi connectivity index (χ4v) is 1.75. The first kappa shape index (κ1) is 11.9. The first-order valence-corrected chi connectivity index (χ1v) is 6.06. The smallest absolute Gasteiger partial charge is 0.130 e. The van der Waals surface area contributed by atoms with Crippen molar-refractivity contribution in [2.75, 3.05) is 6.61 Å². The Morgan fingerprint density at radius 1 is 1.29 bits per heavy atom. The Balaban J connectivity index is 2.36. The second-order valence-corrected chi connectivity index (χ2v) is 4.04. The van der Waals surface area contributed by atoms with Crippen LogP contribution in [0.3, 0.4) is 0 Å². The molecule has 1 aromatic carbocycles. The van der Waals surface area contributed by atoms with Gasteiger partial charge in [0.25, 0.3) is 0 Å². The van der Waals surface area contributed by atoms with Crippen molar-refractivity contribution >= 4 is 10.9 Å². The van der Waals surface area contributed by atoms with Crippen molar-refractivity contribution in [1.29, 1.82) is 0 Å². The van der Waals surface area contributed by atoms with E-state index in [-0.39, 0.29) is 0 Å². The Morgan fingerprint density at radius 3 is 2.88 bits per heavy atom. The van der Waals surface area contributed by atoms with Crippen LogP contribution in [0, 0.1) is 0 Å². The van der Waals surface area contributed by atoms with Crippen molar-refractivity contribution in [3.63, 3.8) is 0 Å². The predicted molar refractivity (Wildman–Crippen MR) is 70.0 cm³/mol. The Bertz CT molecular complexity index is 497. The Kier molecular flexibility index (Phi) is 3.94. The average molecular weight is 230 g/mol. The highest BCUT2D eigenvalue weighted by Gasteiger charge is 2.05. The van der Waals surface area contributed by atoms with Gasteiger partial charge < -0.3 is 10.5 Å². The minimum absolute atomic E-state index is 0.439. The number of unbranched alkanes of at least 4 members (excludes halogenated alkanes) is 1. The third kappa shape index (κ3) is 2.74. The molecule has 0 unspecified atom stereocenters. The molecule has 90 valence electrons. The first-order valence-electron chi connectivity index (χ1n) is 6.06. The number of nitrogens with two attached hydrogens (primary N) is 1. The van der Waals surface area contributed by atoms with Crippen molar-refractivity contribution in [2.24, 2.45) is 5.73 Å². The molecule has 0 bridgehead atoms. The van der Waals surface area contributed by atoms with Crippen molar-refractivity contribution in [2.45, 2.75) is 26.3 Å². The van der Waals surface area contributed by atoms with Gasteiger partial charge in [0.2, 0.25) is 0 Å². The van der Waals surface area contributed by atoms with Gasteiger partial charge >= 0.3 is 0 Å². The van der Waals surface area contributed by atoms with E-state index in [2.05, 4.69) is 11.9 Å². The lowest BCUT2D eigenvalue weighted by Crippen LogP contribution is -2.03. The Hall–Kier alpha value is -1.61. The summed E-state index contributed by atoms with van der Waals surface area (Å²) in [5.41, 5.74) is 7.46. The molecule has 1 heterocycles. The van der Waals surface area contributed by atoms with Crippen molar-refractivity contribution in [1.82, 2.24) is 4.98 Å². The summed E-state index contributed by atoms with van der Waals surface area (Å²) in [6, 6.07) is 9.94. The molecular weight excluding hydrogens is 212 g/mol. The molecule has 0 aliphatic heterocycles. The zero-order chi connectivity index (χ0) is 12.1. The SMILES string of the molecule is CCCCOc1cc(CN)nc2ccccc12. The van der Waals surface area contributed by atoms with Gasteiger partial charge in [-0.25, -0.2) is 0 Å². The molecule has 0 fully saturated rings. The molecule has 1 aromatic heterocycles. The van der Waals surface area contributed by atoms with Crippen LogP contribution in [0.4, 0.5) is 0 Å². The van der Waals surface area contributed by atoms with E-state index in [0.29, 0.717) is 6.54 Å². The molecule has 0 aliphatic rings. The van der Waals surface area contributed by atoms with Gasteiger partial charge in [-0.3, -0.25) is 4.98 Å². The highest BCUT2D eigenvalue weighted by Crippen LogP contribution is 2.25. The number of para-hydroxylation sites is 1. The van der Waals surface area contributed by atoms with Gasteiger partial charge in [0.05, 0.1) is 17.8 Å². The minimum Gasteiger partial charge on any atom is -0.493 e. The molecular formula is C14H18N2O. The summed E-state index contributed by atoms with van der Waals surface area (Å²) in [5, 5.41) is 1.06. The summed E-state index contributed by atoms with van der Waals surface area (Å²) in [6.07, 6.45) is 2.20. The van der Waals surface area contributed by atoms with E-state index in [4.69, 9.17) is 10.5 Å². The topological polar surface area (TPSA) is 48.1 Å². The predicted octanol–water partition coefficient (Wildman–Crippen LogP) is 2.87. The molecule has 0 saturated heterocycles. The van der Waals surface area contributed by atoms with E-state index >= 15 is 0 Å². The zero-order valence-corrected chi connectivity index (χ0v) is 10.1. The molecule has 3 nitrogen and oxygen atoms in total. The summed E-state index contributed by atoms with van der Waals surface area (Å²) in [7, 11) is 0. The van der Waals surface area contributed by atoms with Crippen LogP contribution in [-0.2, 0) is 6.54 Å². The van der Waals surface area contributed by atoms with Crippen molar-refractivity contribution in [3.05, 3.63) is 36.0 Å². The number of nitrogens with zero attached hydrogens (tertiary/aromatic N) is 1. The largest absolute Gasteiger partial charge is 0.493 e. The zero-order valence-electron chi connectivity index (χ0n) is 10.1. The lowest BCUT2D eigenvalue weighted by atomic mass is 10.2. The fraction of sp³-hybridized carbons (Fsp3) is 0.357. The number of hydrogen-bond donors (Lipinski definition) is 1. The van der Waals surface area contributed by atoms with Crippen LogP contribution in [0.15, 0.2) is 30.3 Å². The number of hydrogen-bond acceptors (Lipinski definition) is 3. The lowest BCUT2D eigenvalue weighted by Gasteiger charge is -2.10. The average Bonchev–Trinajstić information content (AvgIpc) is 2.38. The number of rotatable bonds is 5. The molecule has 0 aliphatic carbocycles. The van der Waals surface area contributed by atoms with Crippen LogP contribution in [0.2, 0.25) is 0 Å². The van der Waals surface area contributed by atoms with Gasteiger partial charge in [-0.2, -0.15) is 0 Å². The van der Waals surface area contributed by atoms with Crippen LogP contribution in [0.25, 0.3) is 10.9 Å². The normalized spacial score (nSPS) is 10.7. The van der Waals surface area contributed by atoms with Gasteiger partial charge in [-0.05, 0) is 18.6 Å². The monoisotopic (exact) mass is 230 g/mol. The van der Waals surface area contributed by atoms with E-state index in [1.165, 1.54) is 0 Å². The Labute approximate surface area is 102 Å². The highest BCUT2D eigenvalue weighted by atomic mass is 16.5. The van der Waals surface area contributed by atoms with Crippen LogP contribution in [-0.4, -0.2) is 11.6 Å². The van der Waals surface area contributed by atoms with E-state index in [1.807, 2.05) is 30.3 Å². The second kappa shape index (κ2) is 5.64. The fourth-order valence-electron chi connectivity index (χ4n) is 1.75. The van der Waals surface area contributed by atoms with E-state index in [9.17, 15) is 0 Å². The van der Waals surface area contributed by atoms with Crippen molar-refractivity contribution < 1.29 is 4.74 Å². The first-order chi connectivity index (χ1) is 8.35. The van der Waals surface area contributed by atoms with E-state index in [1.54, 1.807) is 0 Å². The number of fused-ring (bicyclic) bond motifs is 1. The molecule has 2 aromatic rings. The van der Waals surface area contributed by atoms with Crippen LogP contribution in [0.1, 0.15) is 25.5 Å². The third-order valence-corrected chi connectivity index (χ3v) is 2.70. The molecule has 3 heteroatoms. The van der Waals surface area contributed by atoms with Gasteiger partial charge in [0.15, 0.2) is 0 Å². The van der Waals surface area contributed by atoms with Crippen LogP contribution < -0.4 is 10.5 Å². The second-order valence-electron chi connectivity index (χ2n) is 4.04. The quantitative estimate of drug-likeness (QED) is 0.803. The maximum atomic E-state index is 5.81.